The van der Waals surface area contributed by atoms with Crippen molar-refractivity contribution in [3.8, 4) is 11.5 Å². The van der Waals surface area contributed by atoms with Gasteiger partial charge in [-0.2, -0.15) is 5.10 Å². The summed E-state index contributed by atoms with van der Waals surface area (Å²) < 4.78 is 6.14. The summed E-state index contributed by atoms with van der Waals surface area (Å²) in [6, 6.07) is 9.68. The van der Waals surface area contributed by atoms with E-state index in [0.29, 0.717) is 27.4 Å². The summed E-state index contributed by atoms with van der Waals surface area (Å²) in [4.78, 5) is 12.0. The summed E-state index contributed by atoms with van der Waals surface area (Å²) >= 11 is 9.19. The van der Waals surface area contributed by atoms with Gasteiger partial charge in [0.2, 0.25) is 0 Å². The minimum absolute atomic E-state index is 0.118. The van der Waals surface area contributed by atoms with E-state index in [9.17, 15) is 9.90 Å². The van der Waals surface area contributed by atoms with Crippen LogP contribution in [0.2, 0.25) is 5.02 Å². The van der Waals surface area contributed by atoms with Crippen LogP contribution in [0.3, 0.4) is 0 Å². The Bertz CT molecular complexity index is 750. The first-order valence-corrected chi connectivity index (χ1v) is 7.92. The zero-order valence-corrected chi connectivity index (χ0v) is 14.6. The first kappa shape index (κ1) is 17.3. The molecule has 0 heterocycles. The predicted molar refractivity (Wildman–Crippen MR) is 93.5 cm³/mol. The van der Waals surface area contributed by atoms with E-state index < -0.39 is 5.91 Å². The lowest BCUT2D eigenvalue weighted by Crippen LogP contribution is -2.17. The molecule has 0 spiro atoms. The Labute approximate surface area is 147 Å². The van der Waals surface area contributed by atoms with Gasteiger partial charge in [-0.15, -0.1) is 0 Å². The van der Waals surface area contributed by atoms with Gasteiger partial charge in [0.05, 0.1) is 18.4 Å². The number of carbonyl (C=O) groups is 1. The molecule has 0 aliphatic rings. The number of nitrogens with one attached hydrogen (secondary N) is 1. The van der Waals surface area contributed by atoms with Crippen LogP contribution in [0.25, 0.3) is 0 Å². The van der Waals surface area contributed by atoms with Crippen molar-refractivity contribution in [2.24, 2.45) is 5.10 Å². The first-order chi connectivity index (χ1) is 11.0. The summed E-state index contributed by atoms with van der Waals surface area (Å²) in [6.07, 6.45) is 1.43. The van der Waals surface area contributed by atoms with E-state index in [0.717, 1.165) is 0 Å². The van der Waals surface area contributed by atoms with Gasteiger partial charge in [-0.3, -0.25) is 4.79 Å². The smallest absolute Gasteiger partial charge is 0.275 e. The van der Waals surface area contributed by atoms with Gasteiger partial charge in [-0.1, -0.05) is 27.5 Å². The Morgan fingerprint density at radius 3 is 2.91 bits per heavy atom. The Morgan fingerprint density at radius 1 is 1.39 bits per heavy atom. The lowest BCUT2D eigenvalue weighted by Gasteiger charge is -2.07. The largest absolute Gasteiger partial charge is 0.507 e. The van der Waals surface area contributed by atoms with E-state index >= 15 is 0 Å². The molecule has 0 saturated carbocycles. The number of nitrogens with zero attached hydrogens (tertiary/aromatic N) is 1. The molecule has 0 aliphatic heterocycles. The maximum absolute atomic E-state index is 12.0. The molecule has 2 aromatic carbocycles. The number of amides is 1. The average Bonchev–Trinajstić information content (AvgIpc) is 2.52. The molecule has 5 nitrogen and oxygen atoms in total. The fraction of sp³-hybridized carbons (Fsp3) is 0.125. The SMILES string of the molecule is CCOc1ccc(Cl)cc1/C=N\NC(=O)c1cc(Br)ccc1O. The third-order valence-electron chi connectivity index (χ3n) is 2.84. The van der Waals surface area contributed by atoms with Crippen molar-refractivity contribution >= 4 is 39.7 Å². The topological polar surface area (TPSA) is 70.9 Å². The van der Waals surface area contributed by atoms with Crippen molar-refractivity contribution in [3.05, 3.63) is 57.0 Å². The fourth-order valence-corrected chi connectivity index (χ4v) is 2.36. The molecule has 2 aromatic rings. The fourth-order valence-electron chi connectivity index (χ4n) is 1.82. The highest BCUT2D eigenvalue weighted by molar-refractivity contribution is 9.10. The average molecular weight is 398 g/mol. The Kier molecular flexibility index (Phi) is 6.01. The number of aromatic hydroxyl groups is 1. The highest BCUT2D eigenvalue weighted by Crippen LogP contribution is 2.22. The molecule has 0 unspecified atom stereocenters. The van der Waals surface area contributed by atoms with Gasteiger partial charge in [0.15, 0.2) is 0 Å². The molecule has 7 heteroatoms. The van der Waals surface area contributed by atoms with Gasteiger partial charge >= 0.3 is 0 Å². The molecule has 0 atom stereocenters. The van der Waals surface area contributed by atoms with Gasteiger partial charge in [0.1, 0.15) is 11.5 Å². The van der Waals surface area contributed by atoms with E-state index in [-0.39, 0.29) is 11.3 Å². The van der Waals surface area contributed by atoms with Crippen LogP contribution in [0.4, 0.5) is 0 Å². The molecule has 0 saturated heterocycles. The van der Waals surface area contributed by atoms with Crippen molar-refractivity contribution in [2.75, 3.05) is 6.61 Å². The number of phenols is 1. The van der Waals surface area contributed by atoms with Gasteiger partial charge in [-0.05, 0) is 43.3 Å². The molecule has 0 fully saturated rings. The summed E-state index contributed by atoms with van der Waals surface area (Å²) in [7, 11) is 0. The van der Waals surface area contributed by atoms with Gasteiger partial charge in [0, 0.05) is 15.1 Å². The number of ether oxygens (including phenoxy) is 1. The van der Waals surface area contributed by atoms with Crippen molar-refractivity contribution in [3.63, 3.8) is 0 Å². The van der Waals surface area contributed by atoms with Crippen molar-refractivity contribution in [1.82, 2.24) is 5.43 Å². The van der Waals surface area contributed by atoms with E-state index in [1.165, 1.54) is 18.3 Å². The summed E-state index contributed by atoms with van der Waals surface area (Å²) in [6.45, 7) is 2.37. The molecule has 1 amide bonds. The van der Waals surface area contributed by atoms with E-state index in [4.69, 9.17) is 16.3 Å². The van der Waals surface area contributed by atoms with Crippen LogP contribution in [-0.2, 0) is 0 Å². The third kappa shape index (κ3) is 4.71. The second kappa shape index (κ2) is 7.99. The zero-order valence-electron chi connectivity index (χ0n) is 12.2. The highest BCUT2D eigenvalue weighted by Gasteiger charge is 2.10. The van der Waals surface area contributed by atoms with Gasteiger partial charge in [-0.25, -0.2) is 5.43 Å². The normalized spacial score (nSPS) is 10.7. The van der Waals surface area contributed by atoms with Crippen LogP contribution >= 0.6 is 27.5 Å². The van der Waals surface area contributed by atoms with E-state index in [1.54, 1.807) is 24.3 Å². The molecule has 0 bridgehead atoms. The number of rotatable bonds is 5. The number of halogens is 2. The zero-order chi connectivity index (χ0) is 16.8. The lowest BCUT2D eigenvalue weighted by atomic mass is 10.2. The van der Waals surface area contributed by atoms with Crippen LogP contribution in [0, 0.1) is 0 Å². The molecule has 120 valence electrons. The number of hydrogen-bond acceptors (Lipinski definition) is 4. The van der Waals surface area contributed by atoms with E-state index in [1.807, 2.05) is 6.92 Å². The standard InChI is InChI=1S/C16H14BrClN2O3/c1-2-23-15-6-4-12(18)7-10(15)9-19-20-16(22)13-8-11(17)3-5-14(13)21/h3-9,21H,2H2,1H3,(H,20,22)/b19-9-. The number of hydrogen-bond donors (Lipinski definition) is 2. The first-order valence-electron chi connectivity index (χ1n) is 6.75. The number of benzene rings is 2. The molecule has 0 aromatic heterocycles. The minimum atomic E-state index is -0.528. The quantitative estimate of drug-likeness (QED) is 0.592. The van der Waals surface area contributed by atoms with Crippen molar-refractivity contribution < 1.29 is 14.6 Å². The van der Waals surface area contributed by atoms with Crippen LogP contribution < -0.4 is 10.2 Å². The van der Waals surface area contributed by atoms with E-state index in [2.05, 4.69) is 26.5 Å². The van der Waals surface area contributed by atoms with Crippen LogP contribution in [0.1, 0.15) is 22.8 Å². The Balaban J connectivity index is 2.14. The Hall–Kier alpha value is -2.05. The van der Waals surface area contributed by atoms with Crippen LogP contribution in [0.5, 0.6) is 11.5 Å². The molecule has 2 N–H and O–H groups in total. The molecule has 0 aliphatic carbocycles. The monoisotopic (exact) mass is 396 g/mol. The van der Waals surface area contributed by atoms with Crippen LogP contribution in [0.15, 0.2) is 46.0 Å². The molecule has 23 heavy (non-hydrogen) atoms. The minimum Gasteiger partial charge on any atom is -0.507 e. The third-order valence-corrected chi connectivity index (χ3v) is 3.57. The number of phenolic OH excluding ortho intramolecular Hbond substituents is 1. The lowest BCUT2D eigenvalue weighted by molar-refractivity contribution is 0.0952. The summed E-state index contributed by atoms with van der Waals surface area (Å²) in [5.41, 5.74) is 3.11. The highest BCUT2D eigenvalue weighted by atomic mass is 79.9. The second-order valence-corrected chi connectivity index (χ2v) is 5.83. The molecular weight excluding hydrogens is 384 g/mol. The Morgan fingerprint density at radius 2 is 2.17 bits per heavy atom. The van der Waals surface area contributed by atoms with Gasteiger partial charge in [0.25, 0.3) is 5.91 Å². The summed E-state index contributed by atoms with van der Waals surface area (Å²) in [5, 5.41) is 14.1. The van der Waals surface area contributed by atoms with Gasteiger partial charge < -0.3 is 9.84 Å². The number of hydrazone groups is 1. The summed E-state index contributed by atoms with van der Waals surface area (Å²) in [5.74, 6) is -0.0427. The molecular formula is C16H14BrClN2O3. The molecule has 2 rings (SSSR count). The number of carbonyl (C=O) groups excluding carboxylic acids is 1. The van der Waals surface area contributed by atoms with Crippen molar-refractivity contribution in [1.29, 1.82) is 0 Å². The maximum atomic E-state index is 12.0. The maximum Gasteiger partial charge on any atom is 0.275 e. The van der Waals surface area contributed by atoms with Crippen LogP contribution in [-0.4, -0.2) is 23.8 Å². The molecule has 0 radical (unpaired) electrons. The predicted octanol–water partition coefficient (Wildman–Crippen LogP) is 3.97. The second-order valence-electron chi connectivity index (χ2n) is 4.48. The van der Waals surface area contributed by atoms with Crippen molar-refractivity contribution in [2.45, 2.75) is 6.92 Å².